The van der Waals surface area contributed by atoms with E-state index in [2.05, 4.69) is 20.4 Å². The van der Waals surface area contributed by atoms with Gasteiger partial charge in [-0.3, -0.25) is 19.6 Å². The number of hydrogen-bond donors (Lipinski definition) is 4. The topological polar surface area (TPSA) is 192 Å². The number of ether oxygens (including phenoxy) is 3. The molecule has 66 heavy (non-hydrogen) atoms. The Morgan fingerprint density at radius 3 is 1.95 bits per heavy atom. The molecule has 0 spiro atoms. The largest absolute Gasteiger partial charge is 0.497 e. The van der Waals surface area contributed by atoms with E-state index in [1.165, 1.54) is 0 Å². The van der Waals surface area contributed by atoms with Crippen molar-refractivity contribution in [2.45, 2.75) is 70.5 Å². The van der Waals surface area contributed by atoms with E-state index in [0.717, 1.165) is 44.1 Å². The fraction of sp³-hybridized carbons (Fsp3) is 0.320. The van der Waals surface area contributed by atoms with Crippen LogP contribution in [0, 0.1) is 5.92 Å². The molecule has 3 heterocycles. The quantitative estimate of drug-likeness (QED) is 0.0478. The van der Waals surface area contributed by atoms with Crippen molar-refractivity contribution in [2.75, 3.05) is 26.2 Å². The highest BCUT2D eigenvalue weighted by Crippen LogP contribution is 2.49. The summed E-state index contributed by atoms with van der Waals surface area (Å²) in [5.41, 5.74) is 4.94. The Balaban J connectivity index is 1.11. The molecule has 1 aliphatic heterocycles. The minimum atomic E-state index is -3.59. The number of aromatic nitrogens is 4. The van der Waals surface area contributed by atoms with Gasteiger partial charge in [0.15, 0.2) is 6.35 Å². The Bertz CT molecular complexity index is 2780. The highest BCUT2D eigenvalue weighted by Gasteiger charge is 2.48. The van der Waals surface area contributed by atoms with Gasteiger partial charge in [0.2, 0.25) is 0 Å². The zero-order chi connectivity index (χ0) is 46.4. The lowest BCUT2D eigenvalue weighted by Crippen LogP contribution is -2.51. The number of hydrogen-bond acceptors (Lipinski definition) is 11. The summed E-state index contributed by atoms with van der Waals surface area (Å²) in [6.45, 7) is 5.79. The summed E-state index contributed by atoms with van der Waals surface area (Å²) >= 11 is 0. The number of methoxy groups -OCH3 is 1. The van der Waals surface area contributed by atoms with Crippen molar-refractivity contribution >= 4 is 41.2 Å². The number of aliphatic hydroxyl groups excluding tert-OH is 2. The molecule has 5 aromatic carbocycles. The molecule has 0 saturated carbocycles. The van der Waals surface area contributed by atoms with Crippen molar-refractivity contribution in [1.29, 1.82) is 0 Å². The monoisotopic (exact) mass is 914 g/mol. The van der Waals surface area contributed by atoms with Crippen LogP contribution in [0.15, 0.2) is 128 Å². The van der Waals surface area contributed by atoms with Crippen LogP contribution in [-0.2, 0) is 33.6 Å². The third kappa shape index (κ3) is 10.4. The van der Waals surface area contributed by atoms with Crippen molar-refractivity contribution in [3.8, 4) is 17.2 Å². The van der Waals surface area contributed by atoms with E-state index in [0.29, 0.717) is 17.2 Å². The normalized spacial score (nSPS) is 19.5. The molecule has 4 N–H and O–H groups in total. The number of carbonyl (C=O) groups excluding carboxylic acids is 2. The molecule has 7 aromatic rings. The molecule has 1 fully saturated rings. The van der Waals surface area contributed by atoms with Gasteiger partial charge in [0.1, 0.15) is 29.5 Å². The summed E-state index contributed by atoms with van der Waals surface area (Å²) in [4.78, 5) is 31.4. The lowest BCUT2D eigenvalue weighted by molar-refractivity contribution is -0.146. The minimum Gasteiger partial charge on any atom is -0.497 e. The third-order valence-corrected chi connectivity index (χ3v) is 14.4. The first kappa shape index (κ1) is 45.9. The summed E-state index contributed by atoms with van der Waals surface area (Å²) in [7, 11) is -2.00. The fourth-order valence-corrected chi connectivity index (χ4v) is 10.8. The first-order chi connectivity index (χ1) is 31.9. The Hall–Kier alpha value is -6.67. The number of nitrogens with zero attached hydrogens (tertiary/aromatic N) is 4. The maximum atomic E-state index is 15.5. The van der Waals surface area contributed by atoms with E-state index in [9.17, 15) is 19.6 Å². The molecule has 7 atom stereocenters. The molecule has 344 valence electrons. The van der Waals surface area contributed by atoms with Gasteiger partial charge in [-0.25, -0.2) is 4.79 Å². The van der Waals surface area contributed by atoms with Crippen molar-refractivity contribution in [2.24, 2.45) is 5.92 Å². The van der Waals surface area contributed by atoms with Crippen LogP contribution in [0.1, 0.15) is 48.9 Å². The second-order valence-corrected chi connectivity index (χ2v) is 19.3. The van der Waals surface area contributed by atoms with Crippen LogP contribution < -0.4 is 14.0 Å². The Morgan fingerprint density at radius 1 is 0.758 bits per heavy atom. The lowest BCUT2D eigenvalue weighted by atomic mass is 9.84. The van der Waals surface area contributed by atoms with E-state index < -0.39 is 49.5 Å². The Kier molecular flexibility index (Phi) is 14.1. The molecular weight excluding hydrogens is 860 g/mol. The lowest BCUT2D eigenvalue weighted by Gasteiger charge is -2.38. The molecular formula is C50H55N6O9P. The summed E-state index contributed by atoms with van der Waals surface area (Å²) in [5, 5.41) is 41.1. The van der Waals surface area contributed by atoms with Gasteiger partial charge < -0.3 is 38.7 Å². The van der Waals surface area contributed by atoms with Gasteiger partial charge in [0.25, 0.3) is 7.37 Å². The highest BCUT2D eigenvalue weighted by molar-refractivity contribution is 7.59. The van der Waals surface area contributed by atoms with Crippen molar-refractivity contribution in [3.05, 3.63) is 150 Å². The average molecular weight is 915 g/mol. The van der Waals surface area contributed by atoms with E-state index in [1.807, 2.05) is 85.8 Å². The molecule has 15 nitrogen and oxygen atoms in total. The molecule has 2 unspecified atom stereocenters. The zero-order valence-corrected chi connectivity index (χ0v) is 38.2. The molecule has 2 aromatic heterocycles. The van der Waals surface area contributed by atoms with Crippen LogP contribution in [0.2, 0.25) is 0 Å². The Labute approximate surface area is 383 Å². The minimum absolute atomic E-state index is 0.0921. The number of fused-ring (bicyclic) bond motifs is 2. The number of esters is 1. The van der Waals surface area contributed by atoms with Crippen molar-refractivity contribution in [3.63, 3.8) is 0 Å². The number of H-pyrrole nitrogens is 2. The zero-order valence-electron chi connectivity index (χ0n) is 37.3. The number of rotatable bonds is 18. The van der Waals surface area contributed by atoms with Crippen LogP contribution in [0.3, 0.4) is 0 Å². The molecule has 1 aliphatic rings. The number of nitrogens with one attached hydrogen (secondary N) is 2. The summed E-state index contributed by atoms with van der Waals surface area (Å²) in [5.74, 6) is -0.139. The first-order valence-corrected chi connectivity index (χ1v) is 24.0. The molecule has 0 bridgehead atoms. The standard InChI is InChI=1S/C50H55N6O9P/c1-5-63-49(59)32(2)30-66(61,65-42-9-7-6-8-10-42)31-64-41-17-11-34(12-18-41)25-45-47(57)48(58)46(33(3)37-15-19-40(62-4)20-16-37)56(29-36-14-22-44-39(24-36)27-52-54-44)50(60)55(45)28-35-13-21-43-38(23-35)26-51-53-43/h6-24,26-27,32-33,45-48,57-58H,5,25,28-31H2,1-4H3,(H,51,53)(H,52,54)/t32-,33?,45-,46-,47+,48+,66?/m1/s1. The third-order valence-electron chi connectivity index (χ3n) is 12.3. The van der Waals surface area contributed by atoms with E-state index >= 15 is 4.79 Å². The van der Waals surface area contributed by atoms with Gasteiger partial charge in [0, 0.05) is 29.8 Å². The van der Waals surface area contributed by atoms with Crippen LogP contribution in [-0.4, -0.2) is 103 Å². The van der Waals surface area contributed by atoms with Crippen LogP contribution in [0.4, 0.5) is 4.79 Å². The molecule has 0 aliphatic carbocycles. The highest BCUT2D eigenvalue weighted by atomic mass is 31.2. The van der Waals surface area contributed by atoms with Crippen molar-refractivity contribution in [1.82, 2.24) is 30.2 Å². The van der Waals surface area contributed by atoms with Gasteiger partial charge in [-0.05, 0) is 96.3 Å². The summed E-state index contributed by atoms with van der Waals surface area (Å²) in [6, 6.07) is 32.9. The fourth-order valence-electron chi connectivity index (χ4n) is 8.77. The maximum Gasteiger partial charge on any atom is 0.321 e. The molecule has 2 amide bonds. The van der Waals surface area contributed by atoms with Crippen LogP contribution in [0.25, 0.3) is 21.8 Å². The number of urea groups is 1. The van der Waals surface area contributed by atoms with E-state index in [1.54, 1.807) is 79.5 Å². The number of carbonyl (C=O) groups is 2. The predicted molar refractivity (Wildman–Crippen MR) is 251 cm³/mol. The van der Waals surface area contributed by atoms with Gasteiger partial charge >= 0.3 is 12.0 Å². The smallest absolute Gasteiger partial charge is 0.321 e. The number of benzene rings is 5. The average Bonchev–Trinajstić information content (AvgIpc) is 4.00. The second kappa shape index (κ2) is 20.2. The van der Waals surface area contributed by atoms with Gasteiger partial charge in [-0.15, -0.1) is 0 Å². The number of aliphatic hydroxyl groups is 2. The van der Waals surface area contributed by atoms with Crippen LogP contribution >= 0.6 is 7.37 Å². The van der Waals surface area contributed by atoms with Crippen molar-refractivity contribution < 1.29 is 43.1 Å². The first-order valence-electron chi connectivity index (χ1n) is 22.0. The molecule has 16 heteroatoms. The van der Waals surface area contributed by atoms with Gasteiger partial charge in [0.05, 0.1) is 61.3 Å². The maximum absolute atomic E-state index is 15.5. The molecule has 8 rings (SSSR count). The van der Waals surface area contributed by atoms with Gasteiger partial charge in [-0.2, -0.15) is 10.2 Å². The number of para-hydroxylation sites is 1. The SMILES string of the molecule is CCOC(=O)[C@H](C)CP(=O)(COc1ccc(C[C@@H]2[C@H](O)[C@@H](O)[C@@H](C(C)c3ccc(OC)cc3)N(Cc3ccc4[nH]ncc4c3)C(=O)N2Cc2ccc3[nH]ncc3c2)cc1)Oc1ccccc1. The van der Waals surface area contributed by atoms with E-state index in [-0.39, 0.29) is 44.7 Å². The predicted octanol–water partition coefficient (Wildman–Crippen LogP) is 8.28. The number of amides is 2. The second-order valence-electron chi connectivity index (χ2n) is 16.9. The number of aromatic amines is 2. The van der Waals surface area contributed by atoms with Gasteiger partial charge in [-0.1, -0.05) is 68.4 Å². The Morgan fingerprint density at radius 2 is 1.35 bits per heavy atom. The van der Waals surface area contributed by atoms with Crippen LogP contribution in [0.5, 0.6) is 17.2 Å². The molecule has 1 saturated heterocycles. The van der Waals surface area contributed by atoms with E-state index in [4.69, 9.17) is 18.7 Å². The summed E-state index contributed by atoms with van der Waals surface area (Å²) in [6.07, 6.45) is 0.452. The summed E-state index contributed by atoms with van der Waals surface area (Å²) < 4.78 is 37.0. The molecule has 0 radical (unpaired) electrons.